The van der Waals surface area contributed by atoms with Crippen LogP contribution in [0.15, 0.2) is 35.4 Å². The molecule has 5 nitrogen and oxygen atoms in total. The van der Waals surface area contributed by atoms with E-state index < -0.39 is 5.97 Å². The van der Waals surface area contributed by atoms with Gasteiger partial charge in [-0.15, -0.1) is 0 Å². The fraction of sp³-hybridized carbons (Fsp3) is 0.182. The van der Waals surface area contributed by atoms with Gasteiger partial charge in [0.15, 0.2) is 6.29 Å². The molecular weight excluding hydrogens is 208 g/mol. The zero-order valence-corrected chi connectivity index (χ0v) is 8.84. The van der Waals surface area contributed by atoms with Crippen molar-refractivity contribution in [2.24, 2.45) is 5.10 Å². The van der Waals surface area contributed by atoms with E-state index in [0.29, 0.717) is 12.0 Å². The number of esters is 1. The zero-order chi connectivity index (χ0) is 11.8. The van der Waals surface area contributed by atoms with Crippen LogP contribution in [0.1, 0.15) is 6.92 Å². The second kappa shape index (κ2) is 6.34. The standard InChI is InChI=1S/C11H12N2O3/c1-2-16-11(15)10(8-14)13-12-9-6-4-3-5-7-9/h3-8,12H,2H2,1H3. The fourth-order valence-corrected chi connectivity index (χ4v) is 0.963. The number of anilines is 1. The van der Waals surface area contributed by atoms with Gasteiger partial charge in [0.25, 0.3) is 0 Å². The van der Waals surface area contributed by atoms with Crippen molar-refractivity contribution in [2.75, 3.05) is 12.0 Å². The molecule has 0 saturated carbocycles. The number of aldehydes is 1. The van der Waals surface area contributed by atoms with Crippen molar-refractivity contribution < 1.29 is 14.3 Å². The third-order valence-electron chi connectivity index (χ3n) is 1.68. The van der Waals surface area contributed by atoms with Crippen molar-refractivity contribution in [1.82, 2.24) is 0 Å². The molecule has 1 aromatic carbocycles. The van der Waals surface area contributed by atoms with E-state index in [-0.39, 0.29) is 12.3 Å². The van der Waals surface area contributed by atoms with Crippen LogP contribution in [0, 0.1) is 0 Å². The number of hydrogen-bond acceptors (Lipinski definition) is 5. The molecule has 0 aliphatic rings. The van der Waals surface area contributed by atoms with Crippen molar-refractivity contribution in [2.45, 2.75) is 6.92 Å². The number of benzene rings is 1. The summed E-state index contributed by atoms with van der Waals surface area (Å²) in [6.45, 7) is 1.86. The minimum atomic E-state index is -0.735. The summed E-state index contributed by atoms with van der Waals surface area (Å²) in [5.74, 6) is -0.735. The Labute approximate surface area is 93.1 Å². The third kappa shape index (κ3) is 3.53. The summed E-state index contributed by atoms with van der Waals surface area (Å²) >= 11 is 0. The number of rotatable bonds is 5. The molecule has 5 heteroatoms. The van der Waals surface area contributed by atoms with Crippen molar-refractivity contribution in [3.8, 4) is 0 Å². The highest BCUT2D eigenvalue weighted by Gasteiger charge is 2.10. The molecule has 0 bridgehead atoms. The van der Waals surface area contributed by atoms with Gasteiger partial charge in [-0.05, 0) is 19.1 Å². The molecule has 1 aromatic rings. The first-order valence-electron chi connectivity index (χ1n) is 4.79. The maximum atomic E-state index is 11.2. The van der Waals surface area contributed by atoms with E-state index in [1.807, 2.05) is 18.2 Å². The van der Waals surface area contributed by atoms with Crippen molar-refractivity contribution in [1.29, 1.82) is 0 Å². The fourth-order valence-electron chi connectivity index (χ4n) is 0.963. The monoisotopic (exact) mass is 220 g/mol. The van der Waals surface area contributed by atoms with Crippen LogP contribution >= 0.6 is 0 Å². The SMILES string of the molecule is CCOC(=O)C(C=O)=NNc1ccccc1. The Morgan fingerprint density at radius 2 is 2.12 bits per heavy atom. The Kier molecular flexibility index (Phi) is 4.72. The molecule has 0 amide bonds. The van der Waals surface area contributed by atoms with E-state index in [1.165, 1.54) is 0 Å². The average molecular weight is 220 g/mol. The minimum Gasteiger partial charge on any atom is -0.461 e. The van der Waals surface area contributed by atoms with Gasteiger partial charge in [0.05, 0.1) is 12.3 Å². The van der Waals surface area contributed by atoms with Crippen LogP contribution in [-0.4, -0.2) is 24.6 Å². The molecule has 0 unspecified atom stereocenters. The van der Waals surface area contributed by atoms with E-state index in [4.69, 9.17) is 0 Å². The molecule has 0 spiro atoms. The van der Waals surface area contributed by atoms with Crippen LogP contribution in [0.25, 0.3) is 0 Å². The van der Waals surface area contributed by atoms with Gasteiger partial charge in [-0.3, -0.25) is 10.2 Å². The van der Waals surface area contributed by atoms with Crippen molar-refractivity contribution in [3.05, 3.63) is 30.3 Å². The molecule has 0 fully saturated rings. The lowest BCUT2D eigenvalue weighted by Gasteiger charge is -2.01. The molecule has 0 aliphatic heterocycles. The molecule has 0 heterocycles. The van der Waals surface area contributed by atoms with Gasteiger partial charge in [-0.25, -0.2) is 4.79 Å². The zero-order valence-electron chi connectivity index (χ0n) is 8.84. The lowest BCUT2D eigenvalue weighted by molar-refractivity contribution is -0.135. The average Bonchev–Trinajstić information content (AvgIpc) is 2.31. The first-order chi connectivity index (χ1) is 7.77. The third-order valence-corrected chi connectivity index (χ3v) is 1.68. The predicted octanol–water partition coefficient (Wildman–Crippen LogP) is 1.22. The number of hydrazone groups is 1. The number of carbonyl (C=O) groups excluding carboxylic acids is 2. The number of para-hydroxylation sites is 1. The maximum Gasteiger partial charge on any atom is 0.362 e. The Hall–Kier alpha value is -2.17. The number of hydrogen-bond donors (Lipinski definition) is 1. The highest BCUT2D eigenvalue weighted by molar-refractivity contribution is 6.58. The van der Waals surface area contributed by atoms with Crippen LogP contribution in [-0.2, 0) is 14.3 Å². The van der Waals surface area contributed by atoms with Crippen LogP contribution < -0.4 is 5.43 Å². The van der Waals surface area contributed by atoms with Gasteiger partial charge in [0.1, 0.15) is 0 Å². The molecule has 1 N–H and O–H groups in total. The molecule has 0 radical (unpaired) electrons. The van der Waals surface area contributed by atoms with E-state index in [9.17, 15) is 9.59 Å². The quantitative estimate of drug-likeness (QED) is 0.266. The van der Waals surface area contributed by atoms with E-state index >= 15 is 0 Å². The summed E-state index contributed by atoms with van der Waals surface area (Å²) in [5, 5.41) is 3.66. The first-order valence-corrected chi connectivity index (χ1v) is 4.79. The molecule has 0 saturated heterocycles. The molecule has 0 atom stereocenters. The summed E-state index contributed by atoms with van der Waals surface area (Å²) in [5.41, 5.74) is 2.99. The Balaban J connectivity index is 2.67. The summed E-state index contributed by atoms with van der Waals surface area (Å²) < 4.78 is 4.64. The largest absolute Gasteiger partial charge is 0.461 e. The summed E-state index contributed by atoms with van der Waals surface area (Å²) in [6, 6.07) is 8.99. The lowest BCUT2D eigenvalue weighted by atomic mass is 10.3. The van der Waals surface area contributed by atoms with E-state index in [1.54, 1.807) is 19.1 Å². The van der Waals surface area contributed by atoms with Crippen LogP contribution in [0.2, 0.25) is 0 Å². The van der Waals surface area contributed by atoms with Gasteiger partial charge < -0.3 is 4.74 Å². The van der Waals surface area contributed by atoms with Crippen molar-refractivity contribution in [3.63, 3.8) is 0 Å². The lowest BCUT2D eigenvalue weighted by Crippen LogP contribution is -2.20. The Morgan fingerprint density at radius 1 is 1.44 bits per heavy atom. The summed E-state index contributed by atoms with van der Waals surface area (Å²) in [6.07, 6.45) is 0.355. The molecule has 1 rings (SSSR count). The first kappa shape index (κ1) is 11.9. The Bertz CT molecular complexity index is 387. The highest BCUT2D eigenvalue weighted by atomic mass is 16.5. The second-order valence-electron chi connectivity index (χ2n) is 2.81. The summed E-state index contributed by atoms with van der Waals surface area (Å²) in [7, 11) is 0. The van der Waals surface area contributed by atoms with E-state index in [2.05, 4.69) is 15.3 Å². The topological polar surface area (TPSA) is 67.8 Å². The van der Waals surface area contributed by atoms with Crippen LogP contribution in [0.5, 0.6) is 0 Å². The van der Waals surface area contributed by atoms with Gasteiger partial charge in [-0.2, -0.15) is 5.10 Å². The minimum absolute atomic E-state index is 0.205. The van der Waals surface area contributed by atoms with Gasteiger partial charge in [0.2, 0.25) is 5.71 Å². The number of nitrogens with zero attached hydrogens (tertiary/aromatic N) is 1. The van der Waals surface area contributed by atoms with Crippen LogP contribution in [0.4, 0.5) is 5.69 Å². The maximum absolute atomic E-state index is 11.2. The normalized spacial score (nSPS) is 10.7. The molecule has 16 heavy (non-hydrogen) atoms. The molecular formula is C11H12N2O3. The number of nitrogens with one attached hydrogen (secondary N) is 1. The number of ether oxygens (including phenoxy) is 1. The predicted molar refractivity (Wildman–Crippen MR) is 60.2 cm³/mol. The van der Waals surface area contributed by atoms with Gasteiger partial charge in [-0.1, -0.05) is 18.2 Å². The van der Waals surface area contributed by atoms with Gasteiger partial charge >= 0.3 is 5.97 Å². The van der Waals surface area contributed by atoms with Crippen molar-refractivity contribution >= 4 is 23.7 Å². The van der Waals surface area contributed by atoms with Crippen LogP contribution in [0.3, 0.4) is 0 Å². The molecule has 0 aromatic heterocycles. The molecule has 84 valence electrons. The highest BCUT2D eigenvalue weighted by Crippen LogP contribution is 2.04. The van der Waals surface area contributed by atoms with Gasteiger partial charge in [0, 0.05) is 0 Å². The second-order valence-corrected chi connectivity index (χ2v) is 2.81. The smallest absolute Gasteiger partial charge is 0.362 e. The van der Waals surface area contributed by atoms with E-state index in [0.717, 1.165) is 0 Å². The number of carbonyl (C=O) groups is 2. The molecule has 0 aliphatic carbocycles. The Morgan fingerprint density at radius 3 is 2.69 bits per heavy atom. The summed E-state index contributed by atoms with van der Waals surface area (Å²) in [4.78, 5) is 21.7.